The molecule has 1 atom stereocenters. The lowest BCUT2D eigenvalue weighted by Crippen LogP contribution is -2.26. The van der Waals surface area contributed by atoms with Crippen LogP contribution in [-0.2, 0) is 16.0 Å². The van der Waals surface area contributed by atoms with Gasteiger partial charge in [-0.2, -0.15) is 0 Å². The second-order valence-electron chi connectivity index (χ2n) is 4.27. The number of hydrogen-bond donors (Lipinski definition) is 1. The van der Waals surface area contributed by atoms with Crippen molar-refractivity contribution in [3.63, 3.8) is 0 Å². The van der Waals surface area contributed by atoms with E-state index in [2.05, 4.69) is 9.72 Å². The van der Waals surface area contributed by atoms with Gasteiger partial charge < -0.3 is 10.5 Å². The number of methoxy groups -OCH3 is 1. The van der Waals surface area contributed by atoms with Crippen molar-refractivity contribution in [3.8, 4) is 0 Å². The summed E-state index contributed by atoms with van der Waals surface area (Å²) >= 11 is 0. The van der Waals surface area contributed by atoms with Crippen LogP contribution in [0.15, 0.2) is 36.5 Å². The van der Waals surface area contributed by atoms with E-state index in [1.165, 1.54) is 7.11 Å². The first-order valence-corrected chi connectivity index (χ1v) is 5.85. The van der Waals surface area contributed by atoms with Crippen molar-refractivity contribution < 1.29 is 9.53 Å². The first-order valence-electron chi connectivity index (χ1n) is 5.85. The highest BCUT2D eigenvalue weighted by atomic mass is 16.5. The zero-order valence-electron chi connectivity index (χ0n) is 10.3. The van der Waals surface area contributed by atoms with Gasteiger partial charge in [-0.05, 0) is 24.1 Å². The van der Waals surface area contributed by atoms with Gasteiger partial charge in [0.1, 0.15) is 0 Å². The molecule has 4 heteroatoms. The number of nitrogens with zero attached hydrogens (tertiary/aromatic N) is 1. The van der Waals surface area contributed by atoms with E-state index in [-0.39, 0.29) is 18.4 Å². The predicted molar refractivity (Wildman–Crippen MR) is 70.1 cm³/mol. The van der Waals surface area contributed by atoms with Crippen molar-refractivity contribution in [2.75, 3.05) is 7.11 Å². The normalized spacial score (nSPS) is 12.3. The summed E-state index contributed by atoms with van der Waals surface area (Å²) in [6.45, 7) is 0. The zero-order chi connectivity index (χ0) is 13.0. The van der Waals surface area contributed by atoms with Crippen LogP contribution in [-0.4, -0.2) is 24.1 Å². The molecule has 1 unspecified atom stereocenters. The monoisotopic (exact) mass is 244 g/mol. The van der Waals surface area contributed by atoms with Crippen LogP contribution in [0.3, 0.4) is 0 Å². The summed E-state index contributed by atoms with van der Waals surface area (Å²) in [6.07, 6.45) is 2.64. The highest BCUT2D eigenvalue weighted by Gasteiger charge is 2.10. The molecule has 0 aliphatic rings. The van der Waals surface area contributed by atoms with E-state index in [4.69, 9.17) is 5.73 Å². The fourth-order valence-corrected chi connectivity index (χ4v) is 1.91. The van der Waals surface area contributed by atoms with Crippen LogP contribution in [0.1, 0.15) is 12.0 Å². The molecule has 0 saturated heterocycles. The molecule has 18 heavy (non-hydrogen) atoms. The average Bonchev–Trinajstić information content (AvgIpc) is 2.38. The molecule has 0 aliphatic carbocycles. The lowest BCUT2D eigenvalue weighted by Gasteiger charge is -2.10. The molecule has 0 aliphatic heterocycles. The van der Waals surface area contributed by atoms with E-state index in [0.29, 0.717) is 6.42 Å². The van der Waals surface area contributed by atoms with Crippen molar-refractivity contribution in [3.05, 3.63) is 42.1 Å². The van der Waals surface area contributed by atoms with Gasteiger partial charge in [0.25, 0.3) is 0 Å². The fourth-order valence-electron chi connectivity index (χ4n) is 1.91. The average molecular weight is 244 g/mol. The Bertz CT molecular complexity index is 554. The Morgan fingerprint density at radius 3 is 3.06 bits per heavy atom. The third-order valence-corrected chi connectivity index (χ3v) is 2.82. The number of rotatable bonds is 4. The fraction of sp³-hybridized carbons (Fsp3) is 0.286. The molecule has 0 spiro atoms. The first kappa shape index (κ1) is 12.5. The number of pyridine rings is 1. The molecule has 0 radical (unpaired) electrons. The van der Waals surface area contributed by atoms with Crippen LogP contribution in [0.25, 0.3) is 10.9 Å². The van der Waals surface area contributed by atoms with Gasteiger partial charge in [0.15, 0.2) is 0 Å². The van der Waals surface area contributed by atoms with Crippen molar-refractivity contribution >= 4 is 16.9 Å². The van der Waals surface area contributed by atoms with Crippen LogP contribution < -0.4 is 5.73 Å². The van der Waals surface area contributed by atoms with E-state index in [1.54, 1.807) is 6.20 Å². The van der Waals surface area contributed by atoms with Crippen LogP contribution in [0.4, 0.5) is 0 Å². The topological polar surface area (TPSA) is 65.2 Å². The molecule has 94 valence electrons. The molecule has 1 heterocycles. The molecule has 1 aromatic heterocycles. The quantitative estimate of drug-likeness (QED) is 0.831. The van der Waals surface area contributed by atoms with Crippen LogP contribution in [0.5, 0.6) is 0 Å². The minimum Gasteiger partial charge on any atom is -0.469 e. The number of nitrogens with two attached hydrogens (primary N) is 1. The number of hydrogen-bond acceptors (Lipinski definition) is 4. The Hall–Kier alpha value is -1.94. The zero-order valence-corrected chi connectivity index (χ0v) is 10.3. The van der Waals surface area contributed by atoms with E-state index in [0.717, 1.165) is 16.5 Å². The highest BCUT2D eigenvalue weighted by molar-refractivity contribution is 5.78. The summed E-state index contributed by atoms with van der Waals surface area (Å²) in [7, 11) is 1.37. The second kappa shape index (κ2) is 5.60. The summed E-state index contributed by atoms with van der Waals surface area (Å²) in [5, 5.41) is 1.10. The van der Waals surface area contributed by atoms with Gasteiger partial charge >= 0.3 is 5.97 Å². The number of carbonyl (C=O) groups excluding carboxylic acids is 1. The molecular formula is C14H16N2O2. The van der Waals surface area contributed by atoms with E-state index in [9.17, 15) is 4.79 Å². The predicted octanol–water partition coefficient (Wildman–Crippen LogP) is 1.67. The number of ether oxygens (including phenoxy) is 1. The van der Waals surface area contributed by atoms with Crippen LogP contribution >= 0.6 is 0 Å². The third-order valence-electron chi connectivity index (χ3n) is 2.82. The maximum Gasteiger partial charge on any atom is 0.307 e. The maximum absolute atomic E-state index is 11.1. The van der Waals surface area contributed by atoms with Crippen molar-refractivity contribution in [1.82, 2.24) is 4.98 Å². The van der Waals surface area contributed by atoms with Crippen molar-refractivity contribution in [2.24, 2.45) is 5.73 Å². The lowest BCUT2D eigenvalue weighted by atomic mass is 10.0. The second-order valence-corrected chi connectivity index (χ2v) is 4.27. The van der Waals surface area contributed by atoms with Gasteiger partial charge in [-0.3, -0.25) is 9.78 Å². The minimum absolute atomic E-state index is 0.224. The van der Waals surface area contributed by atoms with Gasteiger partial charge in [0.05, 0.1) is 19.0 Å². The number of aromatic nitrogens is 1. The molecule has 0 saturated carbocycles. The Balaban J connectivity index is 2.09. The smallest absolute Gasteiger partial charge is 0.307 e. The Labute approximate surface area is 106 Å². The molecule has 0 amide bonds. The molecule has 2 aromatic rings. The standard InChI is InChI=1S/C14H16N2O2/c1-18-14(17)9-12(15)7-10-4-5-11-3-2-6-16-13(11)8-10/h2-6,8,12H,7,9,15H2,1H3. The molecule has 2 N–H and O–H groups in total. The molecular weight excluding hydrogens is 228 g/mol. The highest BCUT2D eigenvalue weighted by Crippen LogP contribution is 2.14. The van der Waals surface area contributed by atoms with Crippen molar-refractivity contribution in [2.45, 2.75) is 18.9 Å². The molecule has 1 aromatic carbocycles. The Morgan fingerprint density at radius 2 is 2.28 bits per heavy atom. The molecule has 0 bridgehead atoms. The lowest BCUT2D eigenvalue weighted by molar-refractivity contribution is -0.140. The molecule has 0 fully saturated rings. The van der Waals surface area contributed by atoms with E-state index in [1.807, 2.05) is 30.3 Å². The van der Waals surface area contributed by atoms with Crippen molar-refractivity contribution in [1.29, 1.82) is 0 Å². The SMILES string of the molecule is COC(=O)CC(N)Cc1ccc2cccnc2c1. The van der Waals surface area contributed by atoms with Gasteiger partial charge in [-0.15, -0.1) is 0 Å². The summed E-state index contributed by atoms with van der Waals surface area (Å²) in [5.41, 5.74) is 7.93. The summed E-state index contributed by atoms with van der Waals surface area (Å²) in [6, 6.07) is 9.74. The van der Waals surface area contributed by atoms with E-state index < -0.39 is 0 Å². The number of fused-ring (bicyclic) bond motifs is 1. The first-order chi connectivity index (χ1) is 8.69. The summed E-state index contributed by atoms with van der Waals surface area (Å²) < 4.78 is 4.60. The molecule has 2 rings (SSSR count). The summed E-state index contributed by atoms with van der Waals surface area (Å²) in [5.74, 6) is -0.276. The number of carbonyl (C=O) groups is 1. The summed E-state index contributed by atoms with van der Waals surface area (Å²) in [4.78, 5) is 15.4. The Kier molecular flexibility index (Phi) is 3.89. The van der Waals surface area contributed by atoms with Crippen LogP contribution in [0.2, 0.25) is 0 Å². The number of esters is 1. The minimum atomic E-state index is -0.276. The number of benzene rings is 1. The van der Waals surface area contributed by atoms with Gasteiger partial charge in [-0.1, -0.05) is 18.2 Å². The van der Waals surface area contributed by atoms with Gasteiger partial charge in [-0.25, -0.2) is 0 Å². The van der Waals surface area contributed by atoms with Crippen LogP contribution in [0, 0.1) is 0 Å². The third kappa shape index (κ3) is 3.05. The van der Waals surface area contributed by atoms with Gasteiger partial charge in [0.2, 0.25) is 0 Å². The van der Waals surface area contributed by atoms with Gasteiger partial charge in [0, 0.05) is 17.6 Å². The Morgan fingerprint density at radius 1 is 1.44 bits per heavy atom. The molecule has 4 nitrogen and oxygen atoms in total. The maximum atomic E-state index is 11.1. The largest absolute Gasteiger partial charge is 0.469 e. The van der Waals surface area contributed by atoms with E-state index >= 15 is 0 Å².